The van der Waals surface area contributed by atoms with Crippen LogP contribution in [0.4, 0.5) is 6.01 Å². The quantitative estimate of drug-likeness (QED) is 0.442. The van der Waals surface area contributed by atoms with Gasteiger partial charge in [0.05, 0.1) is 19.8 Å². The monoisotopic (exact) mass is 443 g/mol. The van der Waals surface area contributed by atoms with Crippen LogP contribution in [0.15, 0.2) is 45.7 Å². The largest absolute Gasteiger partial charge is 0.490 e. The van der Waals surface area contributed by atoms with Gasteiger partial charge in [0.15, 0.2) is 11.5 Å². The summed E-state index contributed by atoms with van der Waals surface area (Å²) in [4.78, 5) is 13.5. The van der Waals surface area contributed by atoms with Crippen LogP contribution >= 0.6 is 11.8 Å². The molecular weight excluding hydrogens is 418 g/mol. The molecule has 0 atom stereocenters. The summed E-state index contributed by atoms with van der Waals surface area (Å²) in [5.41, 5.74) is 1.10. The van der Waals surface area contributed by atoms with Crippen LogP contribution in [-0.4, -0.2) is 42.2 Å². The molecule has 0 aliphatic rings. The molecule has 1 aromatic heterocycles. The smallest absolute Gasteiger partial charge is 0.322 e. The van der Waals surface area contributed by atoms with Gasteiger partial charge in [-0.05, 0) is 57.4 Å². The molecule has 8 nitrogen and oxygen atoms in total. The molecule has 0 aliphatic heterocycles. The highest BCUT2D eigenvalue weighted by molar-refractivity contribution is 7.98. The normalized spacial score (nSPS) is 10.6. The number of benzene rings is 2. The Morgan fingerprint density at radius 1 is 1.00 bits per heavy atom. The van der Waals surface area contributed by atoms with Crippen LogP contribution < -0.4 is 19.5 Å². The molecule has 164 valence electrons. The van der Waals surface area contributed by atoms with Gasteiger partial charge in [0.25, 0.3) is 5.91 Å². The predicted octanol–water partition coefficient (Wildman–Crippen LogP) is 4.91. The van der Waals surface area contributed by atoms with E-state index >= 15 is 0 Å². The highest BCUT2D eigenvalue weighted by Crippen LogP contribution is 2.41. The number of rotatable bonds is 10. The van der Waals surface area contributed by atoms with Gasteiger partial charge in [-0.2, -0.15) is 0 Å². The Bertz CT molecular complexity index is 1010. The van der Waals surface area contributed by atoms with Crippen LogP contribution in [-0.2, 0) is 0 Å². The van der Waals surface area contributed by atoms with E-state index in [0.29, 0.717) is 48.2 Å². The van der Waals surface area contributed by atoms with Crippen molar-refractivity contribution in [3.8, 4) is 28.7 Å². The second kappa shape index (κ2) is 10.7. The number of anilines is 1. The lowest BCUT2D eigenvalue weighted by molar-refractivity contribution is 0.102. The number of carbonyl (C=O) groups is 1. The molecule has 1 heterocycles. The summed E-state index contributed by atoms with van der Waals surface area (Å²) in [6.45, 7) is 7.03. The Hall–Kier alpha value is -3.20. The summed E-state index contributed by atoms with van der Waals surface area (Å²) >= 11 is 1.56. The number of carbonyl (C=O) groups excluding carboxylic acids is 1. The third-order valence-electron chi connectivity index (χ3n) is 4.13. The first-order chi connectivity index (χ1) is 15.1. The first-order valence-electron chi connectivity index (χ1n) is 9.95. The molecule has 1 amide bonds. The Labute approximate surface area is 185 Å². The molecule has 0 aliphatic carbocycles. The lowest BCUT2D eigenvalue weighted by Gasteiger charge is -2.16. The number of ether oxygens (including phenoxy) is 3. The van der Waals surface area contributed by atoms with E-state index in [2.05, 4.69) is 15.5 Å². The molecule has 3 aromatic rings. The van der Waals surface area contributed by atoms with Gasteiger partial charge in [-0.3, -0.25) is 10.1 Å². The number of hydrogen-bond donors (Lipinski definition) is 1. The fraction of sp³-hybridized carbons (Fsp3) is 0.318. The van der Waals surface area contributed by atoms with Crippen molar-refractivity contribution in [2.24, 2.45) is 0 Å². The maximum absolute atomic E-state index is 12.5. The van der Waals surface area contributed by atoms with Crippen LogP contribution in [0.5, 0.6) is 17.2 Å². The molecule has 2 aromatic carbocycles. The molecular formula is C22H25N3O5S. The van der Waals surface area contributed by atoms with Crippen molar-refractivity contribution < 1.29 is 23.4 Å². The van der Waals surface area contributed by atoms with Crippen LogP contribution in [0.1, 0.15) is 31.1 Å². The third kappa shape index (κ3) is 5.49. The summed E-state index contributed by atoms with van der Waals surface area (Å²) in [5, 5.41) is 10.6. The average Bonchev–Trinajstić information content (AvgIpc) is 3.24. The molecule has 0 radical (unpaired) electrons. The van der Waals surface area contributed by atoms with Crippen molar-refractivity contribution in [3.05, 3.63) is 42.0 Å². The van der Waals surface area contributed by atoms with Crippen molar-refractivity contribution in [2.45, 2.75) is 25.7 Å². The SMILES string of the molecule is CCOc1cc(-c2nnc(NC(=O)c3cccc(SC)c3)o2)cc(OCC)c1OCC. The van der Waals surface area contributed by atoms with Crippen molar-refractivity contribution in [1.82, 2.24) is 10.2 Å². The number of aromatic nitrogens is 2. The fourth-order valence-corrected chi connectivity index (χ4v) is 3.30. The minimum Gasteiger partial charge on any atom is -0.490 e. The molecule has 0 saturated heterocycles. The van der Waals surface area contributed by atoms with E-state index in [1.807, 2.05) is 39.2 Å². The zero-order valence-corrected chi connectivity index (χ0v) is 18.7. The van der Waals surface area contributed by atoms with E-state index < -0.39 is 0 Å². The Morgan fingerprint density at radius 2 is 1.68 bits per heavy atom. The van der Waals surface area contributed by atoms with E-state index in [0.717, 1.165) is 4.90 Å². The summed E-state index contributed by atoms with van der Waals surface area (Å²) in [7, 11) is 0. The molecule has 9 heteroatoms. The van der Waals surface area contributed by atoms with Gasteiger partial charge < -0.3 is 18.6 Å². The Morgan fingerprint density at radius 3 is 2.29 bits per heavy atom. The second-order valence-electron chi connectivity index (χ2n) is 6.20. The van der Waals surface area contributed by atoms with Gasteiger partial charge in [-0.25, -0.2) is 0 Å². The maximum atomic E-state index is 12.5. The maximum Gasteiger partial charge on any atom is 0.322 e. The summed E-state index contributed by atoms with van der Waals surface area (Å²) < 4.78 is 22.8. The van der Waals surface area contributed by atoms with E-state index in [-0.39, 0.29) is 17.8 Å². The van der Waals surface area contributed by atoms with Crippen molar-refractivity contribution in [1.29, 1.82) is 0 Å². The van der Waals surface area contributed by atoms with Crippen LogP contribution in [0.3, 0.4) is 0 Å². The zero-order valence-electron chi connectivity index (χ0n) is 17.9. The van der Waals surface area contributed by atoms with Crippen molar-refractivity contribution in [3.63, 3.8) is 0 Å². The summed E-state index contributed by atoms with van der Waals surface area (Å²) in [6.07, 6.45) is 1.95. The van der Waals surface area contributed by atoms with E-state index in [1.54, 1.807) is 36.0 Å². The van der Waals surface area contributed by atoms with Crippen LogP contribution in [0, 0.1) is 0 Å². The topological polar surface area (TPSA) is 95.7 Å². The van der Waals surface area contributed by atoms with Gasteiger partial charge in [0.2, 0.25) is 11.6 Å². The Balaban J connectivity index is 1.87. The number of thioether (sulfide) groups is 1. The molecule has 31 heavy (non-hydrogen) atoms. The third-order valence-corrected chi connectivity index (χ3v) is 4.86. The first kappa shape index (κ1) is 22.5. The van der Waals surface area contributed by atoms with E-state index in [4.69, 9.17) is 18.6 Å². The minimum atomic E-state index is -0.331. The summed E-state index contributed by atoms with van der Waals surface area (Å²) in [5.74, 6) is 1.45. The number of nitrogens with one attached hydrogen (secondary N) is 1. The fourth-order valence-electron chi connectivity index (χ4n) is 2.84. The second-order valence-corrected chi connectivity index (χ2v) is 7.08. The number of nitrogens with zero attached hydrogens (tertiary/aromatic N) is 2. The Kier molecular flexibility index (Phi) is 7.77. The molecule has 0 bridgehead atoms. The van der Waals surface area contributed by atoms with Gasteiger partial charge in [-0.1, -0.05) is 11.2 Å². The van der Waals surface area contributed by atoms with Gasteiger partial charge in [0, 0.05) is 16.0 Å². The average molecular weight is 444 g/mol. The molecule has 0 saturated carbocycles. The number of amides is 1. The zero-order chi connectivity index (χ0) is 22.2. The molecule has 3 rings (SSSR count). The molecule has 0 unspecified atom stereocenters. The standard InChI is InChI=1S/C22H25N3O5S/c1-5-27-17-12-15(13-18(28-6-2)19(17)29-7-3)21-24-25-22(30-21)23-20(26)14-9-8-10-16(11-14)31-4/h8-13H,5-7H2,1-4H3,(H,23,25,26). The number of hydrogen-bond acceptors (Lipinski definition) is 8. The predicted molar refractivity (Wildman–Crippen MR) is 119 cm³/mol. The van der Waals surface area contributed by atoms with Gasteiger partial charge in [0.1, 0.15) is 0 Å². The summed E-state index contributed by atoms with van der Waals surface area (Å²) in [6, 6.07) is 10.8. The lowest BCUT2D eigenvalue weighted by Crippen LogP contribution is -2.12. The highest BCUT2D eigenvalue weighted by atomic mass is 32.2. The molecule has 0 spiro atoms. The minimum absolute atomic E-state index is 0.000593. The molecule has 0 fully saturated rings. The van der Waals surface area contributed by atoms with E-state index in [9.17, 15) is 4.79 Å². The lowest BCUT2D eigenvalue weighted by atomic mass is 10.2. The van der Waals surface area contributed by atoms with Gasteiger partial charge in [-0.15, -0.1) is 16.9 Å². The van der Waals surface area contributed by atoms with Crippen LogP contribution in [0.2, 0.25) is 0 Å². The highest BCUT2D eigenvalue weighted by Gasteiger charge is 2.19. The molecule has 1 N–H and O–H groups in total. The van der Waals surface area contributed by atoms with Crippen molar-refractivity contribution in [2.75, 3.05) is 31.4 Å². The van der Waals surface area contributed by atoms with E-state index in [1.165, 1.54) is 0 Å². The van der Waals surface area contributed by atoms with Crippen molar-refractivity contribution >= 4 is 23.7 Å². The van der Waals surface area contributed by atoms with Crippen LogP contribution in [0.25, 0.3) is 11.5 Å². The first-order valence-corrected chi connectivity index (χ1v) is 11.2. The van der Waals surface area contributed by atoms with Gasteiger partial charge >= 0.3 is 6.01 Å².